The highest BCUT2D eigenvalue weighted by Crippen LogP contribution is 2.23. The van der Waals surface area contributed by atoms with Crippen molar-refractivity contribution in [1.82, 2.24) is 15.1 Å². The van der Waals surface area contributed by atoms with Crippen LogP contribution in [0, 0.1) is 5.82 Å². The number of anilines is 1. The predicted octanol–water partition coefficient (Wildman–Crippen LogP) is 3.05. The van der Waals surface area contributed by atoms with E-state index in [2.05, 4.69) is 15.1 Å². The van der Waals surface area contributed by atoms with Crippen LogP contribution >= 0.6 is 0 Å². The zero-order chi connectivity index (χ0) is 20.8. The summed E-state index contributed by atoms with van der Waals surface area (Å²) in [5, 5.41) is 8.54. The number of halogens is 1. The lowest BCUT2D eigenvalue weighted by molar-refractivity contribution is -0.133. The van der Waals surface area contributed by atoms with E-state index < -0.39 is 0 Å². The summed E-state index contributed by atoms with van der Waals surface area (Å²) in [7, 11) is 0. The first kappa shape index (κ1) is 20.4. The molecule has 2 heterocycles. The van der Waals surface area contributed by atoms with Crippen molar-refractivity contribution in [2.45, 2.75) is 38.2 Å². The van der Waals surface area contributed by atoms with Gasteiger partial charge in [0.15, 0.2) is 12.4 Å². The van der Waals surface area contributed by atoms with Gasteiger partial charge < -0.3 is 19.3 Å². The van der Waals surface area contributed by atoms with E-state index in [0.717, 1.165) is 18.7 Å². The quantitative estimate of drug-likeness (QED) is 0.724. The van der Waals surface area contributed by atoms with Gasteiger partial charge in [-0.25, -0.2) is 4.39 Å². The Morgan fingerprint density at radius 2 is 1.70 bits per heavy atom. The third-order valence-corrected chi connectivity index (χ3v) is 5.60. The smallest absolute Gasteiger partial charge is 0.260 e. The van der Waals surface area contributed by atoms with Crippen LogP contribution in [-0.4, -0.2) is 59.9 Å². The molecule has 30 heavy (non-hydrogen) atoms. The zero-order valence-electron chi connectivity index (χ0n) is 17.0. The Hall–Kier alpha value is -2.90. The summed E-state index contributed by atoms with van der Waals surface area (Å²) in [4.78, 5) is 16.3. The maximum Gasteiger partial charge on any atom is 0.260 e. The van der Waals surface area contributed by atoms with Gasteiger partial charge in [0.25, 0.3) is 5.91 Å². The standard InChI is InChI=1S/C22H27FN4O3/c23-17-6-8-18(9-7-17)29-16-22(28)27-14-12-26(13-15-27)20-10-11-21(25-24-20)30-19-4-2-1-3-5-19/h6-11,19H,1-5,12-16H2. The monoisotopic (exact) mass is 414 g/mol. The molecule has 2 aliphatic rings. The fourth-order valence-corrected chi connectivity index (χ4v) is 3.85. The van der Waals surface area contributed by atoms with Gasteiger partial charge in [-0.3, -0.25) is 4.79 Å². The third kappa shape index (κ3) is 5.37. The van der Waals surface area contributed by atoms with E-state index in [4.69, 9.17) is 9.47 Å². The second kappa shape index (κ2) is 9.73. The number of amides is 1. The van der Waals surface area contributed by atoms with Gasteiger partial charge in [0.2, 0.25) is 5.88 Å². The summed E-state index contributed by atoms with van der Waals surface area (Å²) in [6, 6.07) is 9.46. The number of piperazine rings is 1. The summed E-state index contributed by atoms with van der Waals surface area (Å²) in [5.74, 6) is 1.44. The lowest BCUT2D eigenvalue weighted by atomic mass is 9.98. The normalized spacial score (nSPS) is 17.6. The largest absolute Gasteiger partial charge is 0.484 e. The van der Waals surface area contributed by atoms with Gasteiger partial charge >= 0.3 is 0 Å². The van der Waals surface area contributed by atoms with E-state index in [1.165, 1.54) is 43.5 Å². The molecule has 0 unspecified atom stereocenters. The number of hydrogen-bond donors (Lipinski definition) is 0. The lowest BCUT2D eigenvalue weighted by Crippen LogP contribution is -2.50. The molecule has 0 atom stereocenters. The Morgan fingerprint density at radius 3 is 2.37 bits per heavy atom. The summed E-state index contributed by atoms with van der Waals surface area (Å²) >= 11 is 0. The molecule has 0 bridgehead atoms. The van der Waals surface area contributed by atoms with Gasteiger partial charge in [0, 0.05) is 32.2 Å². The van der Waals surface area contributed by atoms with Crippen molar-refractivity contribution in [3.8, 4) is 11.6 Å². The van der Waals surface area contributed by atoms with Crippen LogP contribution in [0.15, 0.2) is 36.4 Å². The highest BCUT2D eigenvalue weighted by Gasteiger charge is 2.23. The first-order valence-corrected chi connectivity index (χ1v) is 10.6. The van der Waals surface area contributed by atoms with E-state index in [1.54, 1.807) is 4.90 Å². The molecule has 2 fully saturated rings. The molecule has 160 valence electrons. The van der Waals surface area contributed by atoms with E-state index in [9.17, 15) is 9.18 Å². The van der Waals surface area contributed by atoms with Gasteiger partial charge in [-0.15, -0.1) is 10.2 Å². The number of benzene rings is 1. The maximum absolute atomic E-state index is 12.9. The zero-order valence-corrected chi connectivity index (χ0v) is 17.0. The van der Waals surface area contributed by atoms with Gasteiger partial charge in [-0.05, 0) is 56.0 Å². The molecule has 0 spiro atoms. The number of rotatable bonds is 6. The molecular formula is C22H27FN4O3. The number of nitrogens with zero attached hydrogens (tertiary/aromatic N) is 4. The number of carbonyl (C=O) groups is 1. The number of ether oxygens (including phenoxy) is 2. The van der Waals surface area contributed by atoms with E-state index in [0.29, 0.717) is 37.8 Å². The molecule has 0 radical (unpaired) electrons. The Labute approximate surface area is 175 Å². The molecule has 1 amide bonds. The van der Waals surface area contributed by atoms with Crippen molar-refractivity contribution in [3.63, 3.8) is 0 Å². The molecule has 1 saturated carbocycles. The van der Waals surface area contributed by atoms with Crippen LogP contribution in [0.3, 0.4) is 0 Å². The second-order valence-corrected chi connectivity index (χ2v) is 7.72. The van der Waals surface area contributed by atoms with Crippen LogP contribution < -0.4 is 14.4 Å². The Kier molecular flexibility index (Phi) is 6.61. The lowest BCUT2D eigenvalue weighted by Gasteiger charge is -2.35. The predicted molar refractivity (Wildman–Crippen MR) is 110 cm³/mol. The molecule has 1 aliphatic heterocycles. The van der Waals surface area contributed by atoms with Crippen molar-refractivity contribution in [2.24, 2.45) is 0 Å². The first-order chi connectivity index (χ1) is 14.7. The SMILES string of the molecule is O=C(COc1ccc(F)cc1)N1CCN(c2ccc(OC3CCCCC3)nn2)CC1. The Balaban J connectivity index is 1.22. The number of hydrogen-bond acceptors (Lipinski definition) is 6. The van der Waals surface area contributed by atoms with Crippen molar-refractivity contribution < 1.29 is 18.7 Å². The van der Waals surface area contributed by atoms with Crippen molar-refractivity contribution >= 4 is 11.7 Å². The topological polar surface area (TPSA) is 67.8 Å². The highest BCUT2D eigenvalue weighted by atomic mass is 19.1. The first-order valence-electron chi connectivity index (χ1n) is 10.6. The minimum atomic E-state index is -0.332. The molecule has 1 aliphatic carbocycles. The molecule has 7 nitrogen and oxygen atoms in total. The van der Waals surface area contributed by atoms with Crippen LogP contribution in [0.5, 0.6) is 11.6 Å². The van der Waals surface area contributed by atoms with Crippen LogP contribution in [0.4, 0.5) is 10.2 Å². The molecule has 8 heteroatoms. The number of aromatic nitrogens is 2. The van der Waals surface area contributed by atoms with E-state index in [-0.39, 0.29) is 24.4 Å². The van der Waals surface area contributed by atoms with Gasteiger partial charge in [-0.1, -0.05) is 6.42 Å². The maximum atomic E-state index is 12.9. The van der Waals surface area contributed by atoms with Crippen molar-refractivity contribution in [2.75, 3.05) is 37.7 Å². The molecule has 4 rings (SSSR count). The summed E-state index contributed by atoms with van der Waals surface area (Å²) < 4.78 is 24.3. The van der Waals surface area contributed by atoms with Crippen LogP contribution in [-0.2, 0) is 4.79 Å². The fraction of sp³-hybridized carbons (Fsp3) is 0.500. The molecule has 2 aromatic rings. The summed E-state index contributed by atoms with van der Waals surface area (Å²) in [5.41, 5.74) is 0. The van der Waals surface area contributed by atoms with Crippen LogP contribution in [0.1, 0.15) is 32.1 Å². The van der Waals surface area contributed by atoms with Gasteiger partial charge in [0.1, 0.15) is 17.7 Å². The van der Waals surface area contributed by atoms with Gasteiger partial charge in [0.05, 0.1) is 0 Å². The minimum absolute atomic E-state index is 0.0569. The van der Waals surface area contributed by atoms with Gasteiger partial charge in [-0.2, -0.15) is 0 Å². The summed E-state index contributed by atoms with van der Waals surface area (Å²) in [6.07, 6.45) is 6.15. The van der Waals surface area contributed by atoms with Crippen LogP contribution in [0.2, 0.25) is 0 Å². The van der Waals surface area contributed by atoms with E-state index >= 15 is 0 Å². The van der Waals surface area contributed by atoms with Crippen LogP contribution in [0.25, 0.3) is 0 Å². The average Bonchev–Trinajstić information content (AvgIpc) is 2.80. The third-order valence-electron chi connectivity index (χ3n) is 5.60. The summed E-state index contributed by atoms with van der Waals surface area (Å²) in [6.45, 7) is 2.49. The molecule has 1 aromatic carbocycles. The Bertz CT molecular complexity index is 817. The van der Waals surface area contributed by atoms with Crippen molar-refractivity contribution in [1.29, 1.82) is 0 Å². The molecule has 1 aromatic heterocycles. The average molecular weight is 414 g/mol. The fourth-order valence-electron chi connectivity index (χ4n) is 3.85. The minimum Gasteiger partial charge on any atom is -0.484 e. The Morgan fingerprint density at radius 1 is 0.967 bits per heavy atom. The molecular weight excluding hydrogens is 387 g/mol. The van der Waals surface area contributed by atoms with Crippen molar-refractivity contribution in [3.05, 3.63) is 42.2 Å². The molecule has 0 N–H and O–H groups in total. The number of carbonyl (C=O) groups excluding carboxylic acids is 1. The molecule has 1 saturated heterocycles. The highest BCUT2D eigenvalue weighted by molar-refractivity contribution is 5.78. The van der Waals surface area contributed by atoms with E-state index in [1.807, 2.05) is 12.1 Å². The second-order valence-electron chi connectivity index (χ2n) is 7.72.